The maximum Gasteiger partial charge on any atom is 0.258 e. The molecule has 1 aliphatic rings. The third kappa shape index (κ3) is 5.19. The zero-order chi connectivity index (χ0) is 21.6. The summed E-state index contributed by atoms with van der Waals surface area (Å²) in [4.78, 5) is 24.8. The molecule has 7 nitrogen and oxygen atoms in total. The molecule has 0 spiro atoms. The van der Waals surface area contributed by atoms with Gasteiger partial charge >= 0.3 is 0 Å². The number of aromatic nitrogens is 2. The molecule has 31 heavy (non-hydrogen) atoms. The number of nitrogens with two attached hydrogens (primary N) is 1. The van der Waals surface area contributed by atoms with Crippen molar-refractivity contribution in [3.05, 3.63) is 72.6 Å². The fourth-order valence-corrected chi connectivity index (χ4v) is 3.71. The second-order valence-electron chi connectivity index (χ2n) is 7.67. The molecule has 1 aliphatic heterocycles. The number of para-hydroxylation sites is 1. The molecule has 1 saturated heterocycles. The predicted molar refractivity (Wildman–Crippen MR) is 121 cm³/mol. The second kappa shape index (κ2) is 9.57. The van der Waals surface area contributed by atoms with Crippen LogP contribution in [0, 0.1) is 0 Å². The lowest BCUT2D eigenvalue weighted by Gasteiger charge is -2.34. The van der Waals surface area contributed by atoms with Gasteiger partial charge in [0, 0.05) is 50.7 Å². The van der Waals surface area contributed by atoms with E-state index in [1.54, 1.807) is 19.3 Å². The van der Waals surface area contributed by atoms with Crippen LogP contribution < -0.4 is 15.4 Å². The van der Waals surface area contributed by atoms with Crippen LogP contribution in [0.4, 0.5) is 5.95 Å². The minimum absolute atomic E-state index is 0.483. The average Bonchev–Trinajstić information content (AvgIpc) is 2.80. The normalized spacial score (nSPS) is 15.5. The fraction of sp³-hybridized carbons (Fsp3) is 0.292. The number of ether oxygens (including phenoxy) is 1. The van der Waals surface area contributed by atoms with E-state index in [0.29, 0.717) is 5.75 Å². The van der Waals surface area contributed by atoms with Gasteiger partial charge in [-0.3, -0.25) is 9.69 Å². The minimum Gasteiger partial charge on any atom is -0.480 e. The number of rotatable bonds is 7. The first kappa shape index (κ1) is 20.8. The highest BCUT2D eigenvalue weighted by molar-refractivity contribution is 5.79. The van der Waals surface area contributed by atoms with Crippen molar-refractivity contribution < 1.29 is 9.53 Å². The monoisotopic (exact) mass is 417 g/mol. The summed E-state index contributed by atoms with van der Waals surface area (Å²) in [7, 11) is 0. The third-order valence-corrected chi connectivity index (χ3v) is 5.44. The molecule has 3 aromatic rings. The molecule has 1 aromatic heterocycles. The van der Waals surface area contributed by atoms with E-state index in [1.165, 1.54) is 5.56 Å². The van der Waals surface area contributed by atoms with Crippen LogP contribution in [0.5, 0.6) is 5.75 Å². The lowest BCUT2D eigenvalue weighted by molar-refractivity contribution is -0.123. The van der Waals surface area contributed by atoms with E-state index in [-0.39, 0.29) is 0 Å². The van der Waals surface area contributed by atoms with E-state index in [4.69, 9.17) is 10.5 Å². The molecule has 160 valence electrons. The molecule has 0 radical (unpaired) electrons. The van der Waals surface area contributed by atoms with Gasteiger partial charge in [0.1, 0.15) is 5.75 Å². The van der Waals surface area contributed by atoms with Crippen molar-refractivity contribution in [3.8, 4) is 16.9 Å². The van der Waals surface area contributed by atoms with Crippen molar-refractivity contribution in [3.63, 3.8) is 0 Å². The maximum atomic E-state index is 11.4. The molecule has 2 aromatic carbocycles. The molecule has 1 fully saturated rings. The molecular weight excluding hydrogens is 390 g/mol. The molecule has 1 atom stereocenters. The number of carbonyl (C=O) groups is 1. The van der Waals surface area contributed by atoms with Crippen molar-refractivity contribution in [1.29, 1.82) is 0 Å². The summed E-state index contributed by atoms with van der Waals surface area (Å²) in [5.74, 6) is 0.969. The van der Waals surface area contributed by atoms with Crippen LogP contribution in [-0.4, -0.2) is 53.1 Å². The van der Waals surface area contributed by atoms with Crippen LogP contribution in [0.1, 0.15) is 12.5 Å². The van der Waals surface area contributed by atoms with Gasteiger partial charge in [0.15, 0.2) is 6.10 Å². The van der Waals surface area contributed by atoms with E-state index < -0.39 is 12.0 Å². The van der Waals surface area contributed by atoms with Crippen molar-refractivity contribution in [2.45, 2.75) is 19.6 Å². The Morgan fingerprint density at radius 2 is 1.77 bits per heavy atom. The van der Waals surface area contributed by atoms with Crippen molar-refractivity contribution >= 4 is 11.9 Å². The zero-order valence-electron chi connectivity index (χ0n) is 17.6. The van der Waals surface area contributed by atoms with Crippen LogP contribution in [-0.2, 0) is 11.3 Å². The Balaban J connectivity index is 1.44. The molecule has 4 rings (SSSR count). The van der Waals surface area contributed by atoms with Gasteiger partial charge in [-0.25, -0.2) is 9.97 Å². The maximum absolute atomic E-state index is 11.4. The zero-order valence-corrected chi connectivity index (χ0v) is 17.6. The van der Waals surface area contributed by atoms with Gasteiger partial charge in [-0.2, -0.15) is 0 Å². The summed E-state index contributed by atoms with van der Waals surface area (Å²) in [5.41, 5.74) is 8.61. The topological polar surface area (TPSA) is 84.6 Å². The van der Waals surface area contributed by atoms with E-state index in [9.17, 15) is 4.79 Å². The summed E-state index contributed by atoms with van der Waals surface area (Å²) in [6, 6.07) is 18.0. The number of anilines is 1. The van der Waals surface area contributed by atoms with Crippen molar-refractivity contribution in [2.24, 2.45) is 5.73 Å². The number of amides is 1. The highest BCUT2D eigenvalue weighted by atomic mass is 16.5. The van der Waals surface area contributed by atoms with Gasteiger partial charge in [-0.15, -0.1) is 0 Å². The SMILES string of the molecule is CC(Oc1ccccc1-c1cccc(CN2CCN(c3ncccn3)CC2)c1)C(N)=O. The Labute approximate surface area is 182 Å². The number of nitrogens with zero attached hydrogens (tertiary/aromatic N) is 4. The van der Waals surface area contributed by atoms with Crippen LogP contribution in [0.15, 0.2) is 67.0 Å². The first-order chi connectivity index (χ1) is 15.1. The lowest BCUT2D eigenvalue weighted by Crippen LogP contribution is -2.46. The molecule has 2 N–H and O–H groups in total. The number of primary amides is 1. The van der Waals surface area contributed by atoms with Crippen molar-refractivity contribution in [2.75, 3.05) is 31.1 Å². The summed E-state index contributed by atoms with van der Waals surface area (Å²) >= 11 is 0. The first-order valence-corrected chi connectivity index (χ1v) is 10.5. The summed E-state index contributed by atoms with van der Waals surface area (Å²) in [5, 5.41) is 0. The van der Waals surface area contributed by atoms with Gasteiger partial charge in [0.2, 0.25) is 5.95 Å². The van der Waals surface area contributed by atoms with E-state index in [1.807, 2.05) is 30.3 Å². The van der Waals surface area contributed by atoms with Gasteiger partial charge in [0.05, 0.1) is 0 Å². The molecule has 0 bridgehead atoms. The Bertz CT molecular complexity index is 1020. The fourth-order valence-electron chi connectivity index (χ4n) is 3.71. The number of carbonyl (C=O) groups excluding carboxylic acids is 1. The smallest absolute Gasteiger partial charge is 0.258 e. The van der Waals surface area contributed by atoms with Gasteiger partial charge in [-0.1, -0.05) is 36.4 Å². The Hall–Kier alpha value is -3.45. The quantitative estimate of drug-likeness (QED) is 0.636. The predicted octanol–water partition coefficient (Wildman–Crippen LogP) is 2.72. The molecule has 7 heteroatoms. The van der Waals surface area contributed by atoms with Crippen LogP contribution in [0.3, 0.4) is 0 Å². The summed E-state index contributed by atoms with van der Waals surface area (Å²) < 4.78 is 5.80. The molecule has 2 heterocycles. The number of benzene rings is 2. The van der Waals surface area contributed by atoms with Gasteiger partial charge < -0.3 is 15.4 Å². The van der Waals surface area contributed by atoms with Crippen molar-refractivity contribution in [1.82, 2.24) is 14.9 Å². The Kier molecular flexibility index (Phi) is 6.43. The summed E-state index contributed by atoms with van der Waals surface area (Å²) in [6.07, 6.45) is 2.88. The molecule has 0 saturated carbocycles. The molecule has 1 amide bonds. The third-order valence-electron chi connectivity index (χ3n) is 5.44. The van der Waals surface area contributed by atoms with Crippen LogP contribution in [0.2, 0.25) is 0 Å². The standard InChI is InChI=1S/C24H27N5O2/c1-18(23(25)30)31-22-9-3-2-8-21(22)20-7-4-6-19(16-20)17-28-12-14-29(15-13-28)24-26-10-5-11-27-24/h2-11,16,18H,12-15,17H2,1H3,(H2,25,30). The van der Waals surface area contributed by atoms with E-state index >= 15 is 0 Å². The minimum atomic E-state index is -0.686. The Morgan fingerprint density at radius 1 is 1.03 bits per heavy atom. The van der Waals surface area contributed by atoms with E-state index in [0.717, 1.165) is 49.8 Å². The molecule has 0 aliphatic carbocycles. The lowest BCUT2D eigenvalue weighted by atomic mass is 10.0. The van der Waals surface area contributed by atoms with E-state index in [2.05, 4.69) is 44.0 Å². The molecular formula is C24H27N5O2. The molecule has 1 unspecified atom stereocenters. The van der Waals surface area contributed by atoms with Gasteiger partial charge in [0.25, 0.3) is 5.91 Å². The van der Waals surface area contributed by atoms with Crippen LogP contribution in [0.25, 0.3) is 11.1 Å². The second-order valence-corrected chi connectivity index (χ2v) is 7.67. The number of hydrogen-bond donors (Lipinski definition) is 1. The largest absolute Gasteiger partial charge is 0.480 e. The highest BCUT2D eigenvalue weighted by Crippen LogP contribution is 2.31. The number of piperazine rings is 1. The van der Waals surface area contributed by atoms with Crippen LogP contribution >= 0.6 is 0 Å². The number of hydrogen-bond acceptors (Lipinski definition) is 6. The van der Waals surface area contributed by atoms with Gasteiger partial charge in [-0.05, 0) is 36.2 Å². The Morgan fingerprint density at radius 3 is 2.52 bits per heavy atom. The highest BCUT2D eigenvalue weighted by Gasteiger charge is 2.19. The summed E-state index contributed by atoms with van der Waals surface area (Å²) in [6.45, 7) is 6.26. The first-order valence-electron chi connectivity index (χ1n) is 10.5. The average molecular weight is 418 g/mol.